The van der Waals surface area contributed by atoms with Gasteiger partial charge in [-0.05, 0) is 0 Å². The van der Waals surface area contributed by atoms with Crippen molar-refractivity contribution in [1.82, 2.24) is 0 Å². The van der Waals surface area contributed by atoms with E-state index in [2.05, 4.69) is 103 Å². The van der Waals surface area contributed by atoms with E-state index in [0.29, 0.717) is 10.0 Å². The molecule has 0 atom stereocenters. The van der Waals surface area contributed by atoms with E-state index in [-0.39, 0.29) is 5.04 Å². The molecule has 138 valence electrons. The minimum atomic E-state index is -1.73. The van der Waals surface area contributed by atoms with Gasteiger partial charge in [0.25, 0.3) is 0 Å². The number of fused-ring (bicyclic) bond motifs is 1. The van der Waals surface area contributed by atoms with E-state index in [4.69, 9.17) is 4.43 Å². The summed E-state index contributed by atoms with van der Waals surface area (Å²) in [6.07, 6.45) is 0. The molecule has 26 heavy (non-hydrogen) atoms. The predicted molar refractivity (Wildman–Crippen MR) is 119 cm³/mol. The predicted octanol–water partition coefficient (Wildman–Crippen LogP) is 5.76. The van der Waals surface area contributed by atoms with Gasteiger partial charge in [0.05, 0.1) is 0 Å². The topological polar surface area (TPSA) is 9.23 Å². The molecule has 0 aliphatic heterocycles. The van der Waals surface area contributed by atoms with Gasteiger partial charge < -0.3 is 0 Å². The summed E-state index contributed by atoms with van der Waals surface area (Å²) in [4.78, 5) is 0. The summed E-state index contributed by atoms with van der Waals surface area (Å²) in [6, 6.07) is 13.2. The molecule has 0 saturated heterocycles. The normalized spacial score (nSPS) is 12.8. The van der Waals surface area contributed by atoms with Crippen LogP contribution in [0.4, 0.5) is 0 Å². The molecule has 1 nitrogen and oxygen atoms in total. The Morgan fingerprint density at radius 1 is 0.962 bits per heavy atom. The Labute approximate surface area is 171 Å². The molecule has 0 unspecified atom stereocenters. The first-order valence-electron chi connectivity index (χ1n) is 9.33. The van der Waals surface area contributed by atoms with E-state index >= 15 is 0 Å². The average Bonchev–Trinajstić information content (AvgIpc) is 2.49. The van der Waals surface area contributed by atoms with Gasteiger partial charge >= 0.3 is 172 Å². The van der Waals surface area contributed by atoms with Gasteiger partial charge in [-0.15, -0.1) is 0 Å². The first kappa shape index (κ1) is 21.5. The second-order valence-electron chi connectivity index (χ2n) is 9.44. The van der Waals surface area contributed by atoms with E-state index in [1.54, 1.807) is 3.58 Å². The number of benzene rings is 2. The van der Waals surface area contributed by atoms with E-state index < -0.39 is 29.5 Å². The molecule has 0 saturated carbocycles. The Morgan fingerprint density at radius 2 is 1.58 bits per heavy atom. The summed E-state index contributed by atoms with van der Waals surface area (Å²) < 4.78 is 8.18. The van der Waals surface area contributed by atoms with Gasteiger partial charge in [-0.2, -0.15) is 0 Å². The molecule has 2 radical (unpaired) electrons. The van der Waals surface area contributed by atoms with Gasteiger partial charge in [-0.25, -0.2) is 0 Å². The molecule has 2 aromatic carbocycles. The minimum absolute atomic E-state index is 0.223. The molecule has 0 aliphatic carbocycles. The Balaban J connectivity index is 2.31. The maximum atomic E-state index is 6.21. The molecule has 0 spiro atoms. The van der Waals surface area contributed by atoms with Crippen LogP contribution in [0.3, 0.4) is 0 Å². The third-order valence-corrected chi connectivity index (χ3v) is 13.5. The van der Waals surface area contributed by atoms with Crippen molar-refractivity contribution in [2.24, 2.45) is 0 Å². The molecule has 2 rings (SSSR count). The van der Waals surface area contributed by atoms with E-state index in [0.717, 1.165) is 5.56 Å². The van der Waals surface area contributed by atoms with Crippen LogP contribution in [-0.4, -0.2) is 36.1 Å². The monoisotopic (exact) mass is 472 g/mol. The second kappa shape index (κ2) is 8.08. The van der Waals surface area contributed by atoms with Gasteiger partial charge in [-0.1, -0.05) is 0 Å². The molecule has 0 aromatic heterocycles. The summed E-state index contributed by atoms with van der Waals surface area (Å²) in [5.41, 5.74) is 1.15. The molecule has 0 N–H and O–H groups in total. The van der Waals surface area contributed by atoms with Crippen molar-refractivity contribution in [3.05, 3.63) is 42.0 Å². The fraction of sp³-hybridized carbons (Fsp3) is 0.478. The number of hydrogen-bond acceptors (Lipinski definition) is 1. The zero-order chi connectivity index (χ0) is 19.6. The molecule has 3 heteroatoms. The van der Waals surface area contributed by atoms with Crippen LogP contribution in [0.15, 0.2) is 36.4 Å². The van der Waals surface area contributed by atoms with Crippen LogP contribution >= 0.6 is 0 Å². The summed E-state index contributed by atoms with van der Waals surface area (Å²) in [7, 11) is -1.73. The summed E-state index contributed by atoms with van der Waals surface area (Å²) >= 11 is -0.697. The number of rotatable bonds is 3. The van der Waals surface area contributed by atoms with Crippen LogP contribution in [0, 0.1) is 11.8 Å². The van der Waals surface area contributed by atoms with E-state index in [9.17, 15) is 0 Å². The first-order chi connectivity index (χ1) is 11.9. The average molecular weight is 471 g/mol. The molecule has 0 fully saturated rings. The summed E-state index contributed by atoms with van der Waals surface area (Å²) in [5, 5.41) is 2.90. The summed E-state index contributed by atoms with van der Waals surface area (Å²) in [5.74, 6) is 6.71. The third-order valence-electron chi connectivity index (χ3n) is 4.95. The van der Waals surface area contributed by atoms with Crippen molar-refractivity contribution in [1.29, 1.82) is 0 Å². The fourth-order valence-corrected chi connectivity index (χ4v) is 7.36. The Morgan fingerprint density at radius 3 is 2.15 bits per heavy atom. The van der Waals surface area contributed by atoms with Crippen LogP contribution in [-0.2, 0) is 4.43 Å². The molecule has 0 amide bonds. The molecule has 0 aliphatic rings. The second-order valence-corrected chi connectivity index (χ2v) is 20.8. The number of hydrogen-bond donors (Lipinski definition) is 0. The van der Waals surface area contributed by atoms with Crippen LogP contribution in [0.1, 0.15) is 47.1 Å². The van der Waals surface area contributed by atoms with Gasteiger partial charge in [0, 0.05) is 0 Å². The van der Waals surface area contributed by atoms with Crippen molar-refractivity contribution < 1.29 is 4.43 Å². The zero-order valence-electron chi connectivity index (χ0n) is 17.6. The maximum absolute atomic E-state index is 6.21. The summed E-state index contributed by atoms with van der Waals surface area (Å²) in [6.45, 7) is 19.0. The van der Waals surface area contributed by atoms with Crippen molar-refractivity contribution >= 4 is 43.8 Å². The SMILES string of the molecule is C[C](C)(C)[Sn][c]1cccc2cccc(C#CCO[Si](C)(C)C(C)(C)C)c12. The van der Waals surface area contributed by atoms with Gasteiger partial charge in [0.1, 0.15) is 0 Å². The molecule has 2 aromatic rings. The van der Waals surface area contributed by atoms with Crippen LogP contribution in [0.25, 0.3) is 10.8 Å². The van der Waals surface area contributed by atoms with Crippen LogP contribution in [0.2, 0.25) is 21.6 Å². The molecular weight excluding hydrogens is 439 g/mol. The van der Waals surface area contributed by atoms with Gasteiger partial charge in [0.2, 0.25) is 0 Å². The van der Waals surface area contributed by atoms with Crippen molar-refractivity contribution in [3.8, 4) is 11.8 Å². The molecule has 0 bridgehead atoms. The fourth-order valence-electron chi connectivity index (χ4n) is 2.52. The van der Waals surface area contributed by atoms with Crippen LogP contribution < -0.4 is 3.58 Å². The quantitative estimate of drug-likeness (QED) is 0.409. The van der Waals surface area contributed by atoms with E-state index in [1.165, 1.54) is 10.8 Å². The third kappa shape index (κ3) is 5.61. The Bertz CT molecular complexity index is 824. The standard InChI is InChI=1S/C19H23OSi.C4H9.Sn/c1-19(2,3)21(4,5)20-15-9-13-17-12-8-11-16-10-6-7-14-18(16)17;1-4(2)3;/h6-8,10-12H,15H2,1-5H3;1-3H3;. The first-order valence-corrected chi connectivity index (χ1v) is 15.1. The molecule has 0 heterocycles. The van der Waals surface area contributed by atoms with E-state index in [1.807, 2.05) is 0 Å². The van der Waals surface area contributed by atoms with Crippen molar-refractivity contribution in [3.63, 3.8) is 0 Å². The Kier molecular flexibility index (Phi) is 6.69. The Hall–Kier alpha value is -0.764. The molecular formula is C23H32OSiSn. The van der Waals surface area contributed by atoms with Crippen molar-refractivity contribution in [2.45, 2.75) is 63.1 Å². The van der Waals surface area contributed by atoms with Crippen LogP contribution in [0.5, 0.6) is 0 Å². The van der Waals surface area contributed by atoms with Gasteiger partial charge in [0.15, 0.2) is 0 Å². The van der Waals surface area contributed by atoms with Crippen molar-refractivity contribution in [2.75, 3.05) is 6.61 Å². The van der Waals surface area contributed by atoms with Gasteiger partial charge in [-0.3, -0.25) is 0 Å². The zero-order valence-corrected chi connectivity index (χ0v) is 21.4.